The van der Waals surface area contributed by atoms with Crippen molar-refractivity contribution >= 4 is 11.3 Å². The van der Waals surface area contributed by atoms with Crippen molar-refractivity contribution in [1.29, 1.82) is 0 Å². The average molecular weight is 581 g/mol. The molecule has 0 fully saturated rings. The lowest BCUT2D eigenvalue weighted by Crippen LogP contribution is -2.14. The molecule has 226 valence electrons. The molecule has 41 heavy (non-hydrogen) atoms. The smallest absolute Gasteiger partial charge is 0.180 e. The maximum atomic E-state index is 6.74. The Hall–Kier alpha value is -2.66. The Kier molecular flexibility index (Phi) is 13.4. The molecule has 0 aliphatic heterocycles. The molecule has 0 saturated carbocycles. The molecule has 3 rings (SSSR count). The molecule has 0 radical (unpaired) electrons. The number of aryl methyl sites for hydroxylation is 2. The van der Waals surface area contributed by atoms with Crippen LogP contribution in [0.15, 0.2) is 36.4 Å². The highest BCUT2D eigenvalue weighted by Gasteiger charge is 2.24. The molecule has 3 aromatic rings. The molecule has 0 N–H and O–H groups in total. The minimum atomic E-state index is 0.534. The Balaban J connectivity index is 2.07. The van der Waals surface area contributed by atoms with Crippen LogP contribution < -0.4 is 18.9 Å². The first kappa shape index (κ1) is 32.8. The van der Waals surface area contributed by atoms with Crippen LogP contribution in [0.2, 0.25) is 0 Å². The van der Waals surface area contributed by atoms with Crippen LogP contribution in [0, 0.1) is 25.7 Å². The van der Waals surface area contributed by atoms with E-state index in [4.69, 9.17) is 18.9 Å². The van der Waals surface area contributed by atoms with Gasteiger partial charge >= 0.3 is 0 Å². The van der Waals surface area contributed by atoms with Crippen LogP contribution in [0.25, 0.3) is 21.6 Å². The highest BCUT2D eigenvalue weighted by atomic mass is 32.1. The maximum absolute atomic E-state index is 6.74. The highest BCUT2D eigenvalue weighted by molar-refractivity contribution is 7.16. The van der Waals surface area contributed by atoms with Gasteiger partial charge in [-0.05, 0) is 74.4 Å². The number of thiophene rings is 1. The van der Waals surface area contributed by atoms with E-state index in [-0.39, 0.29) is 0 Å². The summed E-state index contributed by atoms with van der Waals surface area (Å²) in [7, 11) is 3.44. The topological polar surface area (TPSA) is 36.9 Å². The molecule has 0 amide bonds. The van der Waals surface area contributed by atoms with Gasteiger partial charge in [0, 0.05) is 16.0 Å². The molecular weight excluding hydrogens is 528 g/mol. The quantitative estimate of drug-likeness (QED) is 0.150. The minimum absolute atomic E-state index is 0.534. The zero-order valence-electron chi connectivity index (χ0n) is 26.7. The predicted octanol–water partition coefficient (Wildman–Crippen LogP) is 10.9. The first-order valence-corrected chi connectivity index (χ1v) is 16.4. The Morgan fingerprint density at radius 2 is 1.22 bits per heavy atom. The number of hydrogen-bond acceptors (Lipinski definition) is 5. The molecule has 0 spiro atoms. The normalized spacial score (nSPS) is 12.7. The molecule has 2 unspecified atom stereocenters. The van der Waals surface area contributed by atoms with Gasteiger partial charge in [-0.25, -0.2) is 0 Å². The number of ether oxygens (including phenoxy) is 4. The number of hydrogen-bond donors (Lipinski definition) is 0. The van der Waals surface area contributed by atoms with Crippen molar-refractivity contribution in [2.45, 2.75) is 92.9 Å². The van der Waals surface area contributed by atoms with Crippen molar-refractivity contribution in [2.75, 3.05) is 27.4 Å². The summed E-state index contributed by atoms with van der Waals surface area (Å²) in [6.45, 7) is 14.7. The van der Waals surface area contributed by atoms with E-state index in [0.29, 0.717) is 18.4 Å². The van der Waals surface area contributed by atoms with E-state index in [1.54, 1.807) is 25.6 Å². The van der Waals surface area contributed by atoms with Crippen LogP contribution in [-0.2, 0) is 0 Å². The van der Waals surface area contributed by atoms with Gasteiger partial charge in [-0.15, -0.1) is 11.3 Å². The second kappa shape index (κ2) is 16.7. The van der Waals surface area contributed by atoms with E-state index in [2.05, 4.69) is 71.9 Å². The predicted molar refractivity (Wildman–Crippen MR) is 175 cm³/mol. The first-order chi connectivity index (χ1) is 19.9. The molecule has 0 aliphatic carbocycles. The second-order valence-corrected chi connectivity index (χ2v) is 12.4. The molecule has 0 bridgehead atoms. The Bertz CT molecular complexity index is 1210. The Morgan fingerprint density at radius 3 is 1.76 bits per heavy atom. The van der Waals surface area contributed by atoms with Gasteiger partial charge in [-0.2, -0.15) is 0 Å². The van der Waals surface area contributed by atoms with Crippen LogP contribution >= 0.6 is 11.3 Å². The third-order valence-electron chi connectivity index (χ3n) is 8.11. The van der Waals surface area contributed by atoms with Gasteiger partial charge in [0.05, 0.1) is 32.3 Å². The molecule has 4 nitrogen and oxygen atoms in total. The zero-order valence-corrected chi connectivity index (χ0v) is 27.5. The Morgan fingerprint density at radius 1 is 0.683 bits per heavy atom. The van der Waals surface area contributed by atoms with Crippen molar-refractivity contribution in [3.63, 3.8) is 0 Å². The van der Waals surface area contributed by atoms with Crippen LogP contribution in [-0.4, -0.2) is 27.4 Å². The third kappa shape index (κ3) is 8.67. The van der Waals surface area contributed by atoms with Crippen molar-refractivity contribution in [2.24, 2.45) is 11.8 Å². The van der Waals surface area contributed by atoms with Gasteiger partial charge in [0.15, 0.2) is 11.5 Å². The molecule has 1 heterocycles. The lowest BCUT2D eigenvalue weighted by atomic mass is 9.98. The molecule has 5 heteroatoms. The fraction of sp³-hybridized carbons (Fsp3) is 0.556. The van der Waals surface area contributed by atoms with E-state index in [1.807, 2.05) is 6.07 Å². The molecule has 1 aromatic heterocycles. The van der Waals surface area contributed by atoms with E-state index in [1.165, 1.54) is 44.1 Å². The van der Waals surface area contributed by atoms with E-state index < -0.39 is 0 Å². The Labute approximate surface area is 253 Å². The highest BCUT2D eigenvalue weighted by Crippen LogP contribution is 2.50. The van der Waals surface area contributed by atoms with Gasteiger partial charge < -0.3 is 18.9 Å². The summed E-state index contributed by atoms with van der Waals surface area (Å²) < 4.78 is 24.9. The standard InChI is InChI=1S/C36H52O4S/c1-9-13-15-27(11-3)23-39-34-26(6)41-36(35(34)40-24-28(12-4)16-14-10-2)29-18-20-33(38-8)31(22-29)30-21-25(5)17-19-32(30)37-7/h17-22,27-28H,9-16,23-24H2,1-8H3. The second-order valence-electron chi connectivity index (χ2n) is 11.2. The maximum Gasteiger partial charge on any atom is 0.180 e. The van der Waals surface area contributed by atoms with Crippen molar-refractivity contribution < 1.29 is 18.9 Å². The molecule has 2 atom stereocenters. The number of methoxy groups -OCH3 is 2. The van der Waals surface area contributed by atoms with Crippen molar-refractivity contribution in [1.82, 2.24) is 0 Å². The third-order valence-corrected chi connectivity index (χ3v) is 9.22. The zero-order chi connectivity index (χ0) is 29.8. The summed E-state index contributed by atoms with van der Waals surface area (Å²) in [5, 5.41) is 0. The summed E-state index contributed by atoms with van der Waals surface area (Å²) >= 11 is 1.76. The van der Waals surface area contributed by atoms with Gasteiger partial charge in [-0.1, -0.05) is 77.8 Å². The number of benzene rings is 2. The van der Waals surface area contributed by atoms with Crippen molar-refractivity contribution in [3.05, 3.63) is 46.8 Å². The average Bonchev–Trinajstić information content (AvgIpc) is 3.31. The summed E-state index contributed by atoms with van der Waals surface area (Å²) in [6, 6.07) is 12.7. The first-order valence-electron chi connectivity index (χ1n) is 15.6. The van der Waals surface area contributed by atoms with Gasteiger partial charge in [0.25, 0.3) is 0 Å². The SMILES string of the molecule is CCCCC(CC)COc1c(C)sc(-c2ccc(OC)c(-c3cc(C)ccc3OC)c2)c1OCC(CC)CCCC. The summed E-state index contributed by atoms with van der Waals surface area (Å²) in [5.41, 5.74) is 4.30. The fourth-order valence-corrected chi connectivity index (χ4v) is 6.33. The number of rotatable bonds is 18. The monoisotopic (exact) mass is 580 g/mol. The number of unbranched alkanes of at least 4 members (excludes halogenated alkanes) is 2. The van der Waals surface area contributed by atoms with Gasteiger partial charge in [-0.3, -0.25) is 0 Å². The summed E-state index contributed by atoms with van der Waals surface area (Å²) in [4.78, 5) is 2.27. The molecular formula is C36H52O4S. The van der Waals surface area contributed by atoms with Crippen LogP contribution in [0.4, 0.5) is 0 Å². The van der Waals surface area contributed by atoms with Crippen LogP contribution in [0.5, 0.6) is 23.0 Å². The molecule has 0 saturated heterocycles. The van der Waals surface area contributed by atoms with E-state index in [9.17, 15) is 0 Å². The van der Waals surface area contributed by atoms with Crippen LogP contribution in [0.1, 0.15) is 89.5 Å². The van der Waals surface area contributed by atoms with Gasteiger partial charge in [0.1, 0.15) is 11.5 Å². The van der Waals surface area contributed by atoms with Gasteiger partial charge in [0.2, 0.25) is 0 Å². The summed E-state index contributed by atoms with van der Waals surface area (Å²) in [6.07, 6.45) is 9.53. The van der Waals surface area contributed by atoms with Crippen molar-refractivity contribution in [3.8, 4) is 44.6 Å². The minimum Gasteiger partial charge on any atom is -0.496 e. The molecule has 0 aliphatic rings. The lowest BCUT2D eigenvalue weighted by molar-refractivity contribution is 0.200. The summed E-state index contributed by atoms with van der Waals surface area (Å²) in [5.74, 6) is 4.54. The van der Waals surface area contributed by atoms with E-state index in [0.717, 1.165) is 68.9 Å². The van der Waals surface area contributed by atoms with E-state index >= 15 is 0 Å². The fourth-order valence-electron chi connectivity index (χ4n) is 5.29. The van der Waals surface area contributed by atoms with Crippen LogP contribution in [0.3, 0.4) is 0 Å². The lowest BCUT2D eigenvalue weighted by Gasteiger charge is -2.20. The molecule has 2 aromatic carbocycles. The largest absolute Gasteiger partial charge is 0.496 e.